The van der Waals surface area contributed by atoms with Crippen molar-refractivity contribution in [2.24, 2.45) is 0 Å². The Kier molecular flexibility index (Phi) is 7.65. The summed E-state index contributed by atoms with van der Waals surface area (Å²) in [5, 5.41) is 42.1. The lowest BCUT2D eigenvalue weighted by Gasteiger charge is -2.45. The molecule has 0 saturated carbocycles. The van der Waals surface area contributed by atoms with E-state index in [-0.39, 0.29) is 0 Å². The molecule has 27 heavy (non-hydrogen) atoms. The lowest BCUT2D eigenvalue weighted by atomic mass is 9.88. The Morgan fingerprint density at radius 2 is 1.81 bits per heavy atom. The maximum absolute atomic E-state index is 11.4. The molecule has 0 bridgehead atoms. The van der Waals surface area contributed by atoms with Gasteiger partial charge in [-0.05, 0) is 0 Å². The normalized spacial score (nSPS) is 29.9. The molecule has 0 spiro atoms. The summed E-state index contributed by atoms with van der Waals surface area (Å²) in [5.74, 6) is -6.99. The summed E-state index contributed by atoms with van der Waals surface area (Å²) in [6.45, 7) is 2.51. The van der Waals surface area contributed by atoms with E-state index in [0.29, 0.717) is 0 Å². The highest BCUT2D eigenvalue weighted by molar-refractivity contribution is 5.76. The summed E-state index contributed by atoms with van der Waals surface area (Å²) < 4.78 is 14.7. The molecule has 6 atom stereocenters. The van der Waals surface area contributed by atoms with E-state index in [1.165, 1.54) is 0 Å². The zero-order chi connectivity index (χ0) is 20.9. The molecule has 0 aliphatic carbocycles. The number of hydrogen-bond donors (Lipinski definition) is 5. The van der Waals surface area contributed by atoms with Gasteiger partial charge in [0.05, 0.1) is 12.1 Å². The zero-order valence-corrected chi connectivity index (χ0v) is 14.9. The van der Waals surface area contributed by atoms with Crippen LogP contribution in [0.15, 0.2) is 0 Å². The highest BCUT2D eigenvalue weighted by Gasteiger charge is 2.55. The Hall–Kier alpha value is -2.28. The van der Waals surface area contributed by atoms with Crippen molar-refractivity contribution in [1.29, 1.82) is 0 Å². The number of carboxylic acid groups (broad SMARTS) is 1. The van der Waals surface area contributed by atoms with E-state index < -0.39 is 73.1 Å². The fraction of sp³-hybridized carbons (Fsp3) is 0.733. The number of aliphatic carboxylic acids is 1. The smallest absolute Gasteiger partial charge is 0.364 e. The Labute approximate surface area is 154 Å². The summed E-state index contributed by atoms with van der Waals surface area (Å²) >= 11 is 0. The quantitative estimate of drug-likeness (QED) is 0.282. The van der Waals surface area contributed by atoms with Crippen LogP contribution in [0.5, 0.6) is 0 Å². The molecule has 0 radical (unpaired) electrons. The van der Waals surface area contributed by atoms with Crippen molar-refractivity contribution < 1.29 is 53.8 Å². The van der Waals surface area contributed by atoms with Gasteiger partial charge >= 0.3 is 17.9 Å². The number of aliphatic hydroxyl groups is 3. The van der Waals surface area contributed by atoms with Crippen molar-refractivity contribution >= 4 is 23.8 Å². The number of nitrogens with one attached hydrogen (secondary N) is 1. The monoisotopic (exact) mass is 393 g/mol. The molecule has 1 unspecified atom stereocenters. The first-order valence-corrected chi connectivity index (χ1v) is 7.94. The van der Waals surface area contributed by atoms with Crippen molar-refractivity contribution in [2.75, 3.05) is 6.61 Å². The van der Waals surface area contributed by atoms with Gasteiger partial charge in [0.25, 0.3) is 5.79 Å². The van der Waals surface area contributed by atoms with Gasteiger partial charge in [0, 0.05) is 27.2 Å². The summed E-state index contributed by atoms with van der Waals surface area (Å²) in [7, 11) is 0. The van der Waals surface area contributed by atoms with Crippen molar-refractivity contribution in [2.45, 2.75) is 63.4 Å². The minimum atomic E-state index is -2.86. The molecule has 1 rings (SSSR count). The van der Waals surface area contributed by atoms with Crippen molar-refractivity contribution in [3.8, 4) is 0 Å². The van der Waals surface area contributed by atoms with Crippen LogP contribution in [-0.2, 0) is 33.4 Å². The SMILES string of the molecule is CC(=O)N[C@H]1[C@H]([C@H](OC(C)=O)[C@H](O)COC(C)=O)OC(O)(C(=O)O)C[C@@H]1O. The molecular weight excluding hydrogens is 370 g/mol. The second-order valence-electron chi connectivity index (χ2n) is 6.11. The van der Waals surface area contributed by atoms with Gasteiger partial charge in [0.1, 0.15) is 18.8 Å². The zero-order valence-electron chi connectivity index (χ0n) is 14.9. The number of ether oxygens (including phenoxy) is 3. The van der Waals surface area contributed by atoms with Crippen LogP contribution in [-0.4, -0.2) is 87.1 Å². The minimum Gasteiger partial charge on any atom is -0.477 e. The van der Waals surface area contributed by atoms with Crippen LogP contribution < -0.4 is 5.32 Å². The number of carbonyl (C=O) groups excluding carboxylic acids is 3. The van der Waals surface area contributed by atoms with E-state index in [1.807, 2.05) is 0 Å². The summed E-state index contributed by atoms with van der Waals surface area (Å²) in [6, 6.07) is -1.33. The fourth-order valence-electron chi connectivity index (χ4n) is 2.65. The Morgan fingerprint density at radius 3 is 2.26 bits per heavy atom. The topological polar surface area (TPSA) is 189 Å². The molecule has 1 saturated heterocycles. The van der Waals surface area contributed by atoms with Crippen molar-refractivity contribution in [1.82, 2.24) is 5.32 Å². The number of carbonyl (C=O) groups is 4. The number of aliphatic hydroxyl groups excluding tert-OH is 2. The second-order valence-corrected chi connectivity index (χ2v) is 6.11. The molecule has 5 N–H and O–H groups in total. The van der Waals surface area contributed by atoms with E-state index in [1.54, 1.807) is 0 Å². The van der Waals surface area contributed by atoms with Crippen LogP contribution >= 0.6 is 0 Å². The van der Waals surface area contributed by atoms with Gasteiger partial charge in [-0.1, -0.05) is 0 Å². The second kappa shape index (κ2) is 9.08. The number of rotatable bonds is 7. The highest BCUT2D eigenvalue weighted by Crippen LogP contribution is 2.31. The summed E-state index contributed by atoms with van der Waals surface area (Å²) in [5.41, 5.74) is 0. The Bertz CT molecular complexity index is 594. The summed E-state index contributed by atoms with van der Waals surface area (Å²) in [6.07, 6.45) is -7.47. The molecule has 1 aliphatic heterocycles. The third-order valence-corrected chi connectivity index (χ3v) is 3.75. The minimum absolute atomic E-state index is 0.635. The molecule has 1 heterocycles. The number of amides is 1. The average molecular weight is 393 g/mol. The van der Waals surface area contributed by atoms with Crippen LogP contribution in [0.3, 0.4) is 0 Å². The van der Waals surface area contributed by atoms with Crippen LogP contribution in [0.1, 0.15) is 27.2 Å². The third kappa shape index (κ3) is 6.13. The maximum atomic E-state index is 11.4. The van der Waals surface area contributed by atoms with Gasteiger partial charge in [0.15, 0.2) is 6.10 Å². The lowest BCUT2D eigenvalue weighted by Crippen LogP contribution is -2.67. The first-order valence-electron chi connectivity index (χ1n) is 7.94. The Balaban J connectivity index is 3.25. The van der Waals surface area contributed by atoms with Gasteiger partial charge in [-0.25, -0.2) is 4.79 Å². The van der Waals surface area contributed by atoms with E-state index in [2.05, 4.69) is 10.1 Å². The maximum Gasteiger partial charge on any atom is 0.364 e. The van der Waals surface area contributed by atoms with Crippen LogP contribution in [0.4, 0.5) is 0 Å². The molecular formula is C15H23NO11. The van der Waals surface area contributed by atoms with Gasteiger partial charge in [-0.2, -0.15) is 0 Å². The molecule has 1 aliphatic rings. The third-order valence-electron chi connectivity index (χ3n) is 3.75. The lowest BCUT2D eigenvalue weighted by molar-refractivity contribution is -0.296. The van der Waals surface area contributed by atoms with E-state index in [4.69, 9.17) is 14.6 Å². The number of esters is 2. The molecule has 154 valence electrons. The average Bonchev–Trinajstić information content (AvgIpc) is 2.52. The standard InChI is InChI=1S/C15H23NO11/c1-6(17)16-11-9(20)4-15(24,14(22)23)27-13(11)12(26-8(3)19)10(21)5-25-7(2)18/h9-13,20-21,24H,4-5H2,1-3H3,(H,16,17)(H,22,23)/t9-,10+,11+,12+,13+,15?/m0/s1. The van der Waals surface area contributed by atoms with Crippen molar-refractivity contribution in [3.05, 3.63) is 0 Å². The van der Waals surface area contributed by atoms with Gasteiger partial charge in [-0.3, -0.25) is 14.4 Å². The van der Waals surface area contributed by atoms with Gasteiger partial charge < -0.3 is 40.0 Å². The van der Waals surface area contributed by atoms with Gasteiger partial charge in [-0.15, -0.1) is 0 Å². The highest BCUT2D eigenvalue weighted by atomic mass is 16.7. The molecule has 1 amide bonds. The molecule has 12 nitrogen and oxygen atoms in total. The first kappa shape index (κ1) is 22.8. The largest absolute Gasteiger partial charge is 0.477 e. The number of hydrogen-bond acceptors (Lipinski definition) is 10. The van der Waals surface area contributed by atoms with E-state index in [9.17, 15) is 34.5 Å². The fourth-order valence-corrected chi connectivity index (χ4v) is 2.65. The molecule has 0 aromatic rings. The Morgan fingerprint density at radius 1 is 1.22 bits per heavy atom. The van der Waals surface area contributed by atoms with E-state index in [0.717, 1.165) is 20.8 Å². The molecule has 12 heteroatoms. The predicted octanol–water partition coefficient (Wildman–Crippen LogP) is -2.73. The van der Waals surface area contributed by atoms with Crippen LogP contribution in [0.2, 0.25) is 0 Å². The number of carboxylic acids is 1. The molecule has 1 fully saturated rings. The van der Waals surface area contributed by atoms with Gasteiger partial charge in [0.2, 0.25) is 5.91 Å². The van der Waals surface area contributed by atoms with Crippen molar-refractivity contribution in [3.63, 3.8) is 0 Å². The van der Waals surface area contributed by atoms with Crippen LogP contribution in [0.25, 0.3) is 0 Å². The van der Waals surface area contributed by atoms with E-state index >= 15 is 0 Å². The first-order chi connectivity index (χ1) is 12.4. The van der Waals surface area contributed by atoms with Crippen LogP contribution in [0, 0.1) is 0 Å². The summed E-state index contributed by atoms with van der Waals surface area (Å²) in [4.78, 5) is 45.1. The predicted molar refractivity (Wildman–Crippen MR) is 83.9 cm³/mol. The molecule has 0 aromatic carbocycles. The molecule has 0 aromatic heterocycles.